The van der Waals surface area contributed by atoms with Crippen molar-refractivity contribution in [3.05, 3.63) is 78.8 Å². The van der Waals surface area contributed by atoms with Crippen LogP contribution in [0, 0.1) is 0 Å². The molecule has 0 fully saturated rings. The van der Waals surface area contributed by atoms with Crippen LogP contribution in [0.5, 0.6) is 0 Å². The van der Waals surface area contributed by atoms with Crippen molar-refractivity contribution in [2.45, 2.75) is 6.54 Å². The molecule has 0 amide bonds. The zero-order valence-corrected chi connectivity index (χ0v) is 12.9. The Morgan fingerprint density at radius 2 is 1.71 bits per heavy atom. The first-order valence-electron chi connectivity index (χ1n) is 7.69. The van der Waals surface area contributed by atoms with Crippen molar-refractivity contribution in [1.82, 2.24) is 25.0 Å². The second kappa shape index (κ2) is 6.37. The third kappa shape index (κ3) is 2.89. The van der Waals surface area contributed by atoms with Gasteiger partial charge < -0.3 is 5.32 Å². The summed E-state index contributed by atoms with van der Waals surface area (Å²) in [4.78, 5) is 4.30. The average molecular weight is 316 g/mol. The lowest BCUT2D eigenvalue weighted by molar-refractivity contribution is 0.876. The summed E-state index contributed by atoms with van der Waals surface area (Å²) in [5.74, 6) is 0.582. The molecule has 2 aromatic heterocycles. The quantitative estimate of drug-likeness (QED) is 0.593. The van der Waals surface area contributed by atoms with Crippen molar-refractivity contribution >= 4 is 5.95 Å². The van der Waals surface area contributed by atoms with Gasteiger partial charge in [-0.05, 0) is 17.7 Å². The van der Waals surface area contributed by atoms with Crippen LogP contribution in [0.25, 0.3) is 16.9 Å². The monoisotopic (exact) mass is 316 g/mol. The van der Waals surface area contributed by atoms with Crippen LogP contribution in [-0.2, 0) is 6.54 Å². The molecular weight excluding hydrogens is 300 g/mol. The predicted octanol–water partition coefficient (Wildman–Crippen LogP) is 3.27. The first-order valence-corrected chi connectivity index (χ1v) is 7.69. The molecule has 2 N–H and O–H groups in total. The van der Waals surface area contributed by atoms with Gasteiger partial charge in [-0.2, -0.15) is 5.10 Å². The van der Waals surface area contributed by atoms with E-state index in [1.165, 1.54) is 0 Å². The molecule has 24 heavy (non-hydrogen) atoms. The highest BCUT2D eigenvalue weighted by Gasteiger charge is 2.08. The molecule has 118 valence electrons. The number of aromatic nitrogens is 5. The van der Waals surface area contributed by atoms with E-state index < -0.39 is 0 Å². The normalized spacial score (nSPS) is 10.7. The molecule has 2 aromatic carbocycles. The first-order chi connectivity index (χ1) is 11.9. The molecule has 0 aliphatic rings. The van der Waals surface area contributed by atoms with E-state index in [9.17, 15) is 0 Å². The smallest absolute Gasteiger partial charge is 0.242 e. The minimum atomic E-state index is 0.582. The number of aromatic amines is 1. The van der Waals surface area contributed by atoms with Crippen molar-refractivity contribution in [2.24, 2.45) is 0 Å². The number of benzene rings is 2. The fourth-order valence-corrected chi connectivity index (χ4v) is 2.52. The predicted molar refractivity (Wildman–Crippen MR) is 92.7 cm³/mol. The van der Waals surface area contributed by atoms with Gasteiger partial charge in [0.2, 0.25) is 5.95 Å². The fraction of sp³-hybridized carbons (Fsp3) is 0.0556. The highest BCUT2D eigenvalue weighted by molar-refractivity contribution is 5.62. The van der Waals surface area contributed by atoms with E-state index in [1.807, 2.05) is 54.7 Å². The van der Waals surface area contributed by atoms with Gasteiger partial charge in [-0.3, -0.25) is 5.10 Å². The van der Waals surface area contributed by atoms with Crippen LogP contribution in [0.3, 0.4) is 0 Å². The Kier molecular flexibility index (Phi) is 3.77. The summed E-state index contributed by atoms with van der Waals surface area (Å²) in [7, 11) is 0. The summed E-state index contributed by atoms with van der Waals surface area (Å²) in [5.41, 5.74) is 4.16. The highest BCUT2D eigenvalue weighted by atomic mass is 15.4. The van der Waals surface area contributed by atoms with Gasteiger partial charge in [-0.1, -0.05) is 48.5 Å². The number of hydrogen-bond acceptors (Lipinski definition) is 4. The minimum absolute atomic E-state index is 0.582. The second-order valence-electron chi connectivity index (χ2n) is 5.34. The molecule has 0 unspecified atom stereocenters. The molecule has 0 aliphatic carbocycles. The Bertz CT molecular complexity index is 911. The maximum atomic E-state index is 4.45. The van der Waals surface area contributed by atoms with Crippen molar-refractivity contribution < 1.29 is 0 Å². The van der Waals surface area contributed by atoms with E-state index in [-0.39, 0.29) is 0 Å². The lowest BCUT2D eigenvalue weighted by Gasteiger charge is -2.04. The van der Waals surface area contributed by atoms with Crippen LogP contribution >= 0.6 is 0 Å². The molecule has 4 rings (SSSR count). The lowest BCUT2D eigenvalue weighted by Crippen LogP contribution is -2.02. The van der Waals surface area contributed by atoms with Crippen LogP contribution in [0.15, 0.2) is 73.2 Å². The Hall–Kier alpha value is -3.41. The number of nitrogens with zero attached hydrogens (tertiary/aromatic N) is 4. The van der Waals surface area contributed by atoms with E-state index in [4.69, 9.17) is 0 Å². The first kappa shape index (κ1) is 14.2. The molecule has 2 heterocycles. The standard InChI is InChI=1S/C18H16N6/c1-3-7-14(8-4-1)17-15(12-21-22-17)11-19-18-20-13-24(23-18)16-9-5-2-6-10-16/h1-10,12-13H,11H2,(H,19,23)(H,21,22). The minimum Gasteiger partial charge on any atom is -0.349 e. The molecule has 6 heteroatoms. The van der Waals surface area contributed by atoms with E-state index in [1.54, 1.807) is 11.0 Å². The van der Waals surface area contributed by atoms with E-state index >= 15 is 0 Å². The largest absolute Gasteiger partial charge is 0.349 e. The number of rotatable bonds is 5. The van der Waals surface area contributed by atoms with Gasteiger partial charge in [0.15, 0.2) is 0 Å². The number of H-pyrrole nitrogens is 1. The molecular formula is C18H16N6. The molecule has 0 bridgehead atoms. The third-order valence-corrected chi connectivity index (χ3v) is 3.73. The van der Waals surface area contributed by atoms with Gasteiger partial charge in [-0.25, -0.2) is 9.67 Å². The van der Waals surface area contributed by atoms with Crippen LogP contribution < -0.4 is 5.32 Å². The summed E-state index contributed by atoms with van der Waals surface area (Å²) in [5, 5.41) is 14.9. The van der Waals surface area contributed by atoms with E-state index in [2.05, 4.69) is 37.7 Å². The van der Waals surface area contributed by atoms with Gasteiger partial charge in [0.05, 0.1) is 17.6 Å². The number of hydrogen-bond donors (Lipinski definition) is 2. The maximum absolute atomic E-state index is 4.45. The topological polar surface area (TPSA) is 71.4 Å². The molecule has 4 aromatic rings. The van der Waals surface area contributed by atoms with Gasteiger partial charge in [0.25, 0.3) is 0 Å². The Labute approximate surface area is 139 Å². The Morgan fingerprint density at radius 3 is 2.50 bits per heavy atom. The van der Waals surface area contributed by atoms with E-state index in [0.717, 1.165) is 22.5 Å². The van der Waals surface area contributed by atoms with Crippen LogP contribution in [0.1, 0.15) is 5.56 Å². The number of nitrogens with one attached hydrogen (secondary N) is 2. The van der Waals surface area contributed by atoms with Gasteiger partial charge >= 0.3 is 0 Å². The second-order valence-corrected chi connectivity index (χ2v) is 5.34. The number of anilines is 1. The summed E-state index contributed by atoms with van der Waals surface area (Å²) < 4.78 is 1.75. The van der Waals surface area contributed by atoms with Crippen molar-refractivity contribution in [3.8, 4) is 16.9 Å². The van der Waals surface area contributed by atoms with Gasteiger partial charge in [0.1, 0.15) is 6.33 Å². The van der Waals surface area contributed by atoms with Crippen molar-refractivity contribution in [3.63, 3.8) is 0 Å². The summed E-state index contributed by atoms with van der Waals surface area (Å²) in [6.07, 6.45) is 3.52. The molecule has 0 saturated heterocycles. The number of para-hydroxylation sites is 1. The fourth-order valence-electron chi connectivity index (χ4n) is 2.52. The third-order valence-electron chi connectivity index (χ3n) is 3.73. The van der Waals surface area contributed by atoms with Gasteiger partial charge in [0, 0.05) is 12.1 Å². The summed E-state index contributed by atoms with van der Waals surface area (Å²) in [6.45, 7) is 0.597. The zero-order chi connectivity index (χ0) is 16.2. The zero-order valence-electron chi connectivity index (χ0n) is 12.9. The van der Waals surface area contributed by atoms with Crippen molar-refractivity contribution in [1.29, 1.82) is 0 Å². The SMILES string of the molecule is c1ccc(-c2[nH]ncc2CNc2ncn(-c3ccccc3)n2)cc1. The molecule has 0 aliphatic heterocycles. The highest BCUT2D eigenvalue weighted by Crippen LogP contribution is 2.21. The summed E-state index contributed by atoms with van der Waals surface area (Å²) in [6, 6.07) is 20.0. The van der Waals surface area contributed by atoms with Crippen LogP contribution in [0.4, 0.5) is 5.95 Å². The Balaban J connectivity index is 1.49. The molecule has 0 spiro atoms. The molecule has 0 radical (unpaired) electrons. The molecule has 0 atom stereocenters. The van der Waals surface area contributed by atoms with Crippen molar-refractivity contribution in [2.75, 3.05) is 5.32 Å². The Morgan fingerprint density at radius 1 is 0.958 bits per heavy atom. The molecule has 0 saturated carbocycles. The van der Waals surface area contributed by atoms with Crippen LogP contribution in [-0.4, -0.2) is 25.0 Å². The average Bonchev–Trinajstić information content (AvgIpc) is 3.31. The van der Waals surface area contributed by atoms with Gasteiger partial charge in [-0.15, -0.1) is 5.10 Å². The summed E-state index contributed by atoms with van der Waals surface area (Å²) >= 11 is 0. The molecule has 6 nitrogen and oxygen atoms in total. The van der Waals surface area contributed by atoms with E-state index in [0.29, 0.717) is 12.5 Å². The van der Waals surface area contributed by atoms with Crippen LogP contribution in [0.2, 0.25) is 0 Å². The maximum Gasteiger partial charge on any atom is 0.242 e. The lowest BCUT2D eigenvalue weighted by atomic mass is 10.1.